The highest BCUT2D eigenvalue weighted by atomic mass is 19.1. The summed E-state index contributed by atoms with van der Waals surface area (Å²) < 4.78 is 12.4. The number of hydrogen-bond donors (Lipinski definition) is 1. The number of rotatable bonds is 0. The first-order valence-corrected chi connectivity index (χ1v) is 2.53. The Bertz CT molecular complexity index is 89.5. The summed E-state index contributed by atoms with van der Waals surface area (Å²) in [5.74, 6) is 0. The molecule has 0 aromatic heterocycles. The first-order valence-electron chi connectivity index (χ1n) is 2.53. The molecule has 1 nitrogen and oxygen atoms in total. The lowest BCUT2D eigenvalue weighted by Crippen LogP contribution is -2.69. The van der Waals surface area contributed by atoms with Gasteiger partial charge < -0.3 is 5.11 Å². The highest BCUT2D eigenvalue weighted by Gasteiger charge is 2.68. The van der Waals surface area contributed by atoms with Gasteiger partial charge >= 0.3 is 0 Å². The summed E-state index contributed by atoms with van der Waals surface area (Å²) in [5.41, 5.74) is -1.47. The molecule has 3 aliphatic rings. The van der Waals surface area contributed by atoms with Gasteiger partial charge in [-0.05, 0) is 0 Å². The van der Waals surface area contributed by atoms with Crippen molar-refractivity contribution in [1.82, 2.24) is 0 Å². The summed E-state index contributed by atoms with van der Waals surface area (Å²) in [6.07, 6.45) is 1.21. The summed E-state index contributed by atoms with van der Waals surface area (Å²) in [7, 11) is 0. The van der Waals surface area contributed by atoms with Gasteiger partial charge in [0.1, 0.15) is 5.67 Å². The van der Waals surface area contributed by atoms with Crippen molar-refractivity contribution in [3.63, 3.8) is 0 Å². The van der Waals surface area contributed by atoms with E-state index in [9.17, 15) is 4.39 Å². The van der Waals surface area contributed by atoms with E-state index in [2.05, 4.69) is 0 Å². The van der Waals surface area contributed by atoms with Crippen molar-refractivity contribution in [2.75, 3.05) is 0 Å². The molecule has 0 unspecified atom stereocenters. The topological polar surface area (TPSA) is 20.2 Å². The van der Waals surface area contributed by atoms with Crippen LogP contribution in [0.3, 0.4) is 0 Å². The Hall–Kier alpha value is -0.110. The first-order chi connectivity index (χ1) is 3.12. The second kappa shape index (κ2) is 0.635. The van der Waals surface area contributed by atoms with Crippen molar-refractivity contribution < 1.29 is 9.50 Å². The van der Waals surface area contributed by atoms with Gasteiger partial charge in [-0.15, -0.1) is 0 Å². The molecule has 0 aromatic carbocycles. The van der Waals surface area contributed by atoms with E-state index in [-0.39, 0.29) is 0 Å². The lowest BCUT2D eigenvalue weighted by Gasteiger charge is -2.62. The fourth-order valence-corrected chi connectivity index (χ4v) is 1.61. The average molecular weight is 102 g/mol. The Morgan fingerprint density at radius 1 is 1.29 bits per heavy atom. The molecular formula is C5H7FO. The van der Waals surface area contributed by atoms with Crippen LogP contribution in [0.4, 0.5) is 4.39 Å². The van der Waals surface area contributed by atoms with Gasteiger partial charge in [0.25, 0.3) is 0 Å². The Balaban J connectivity index is 2.16. The maximum Gasteiger partial charge on any atom is 0.119 e. The Labute approximate surface area is 41.1 Å². The number of hydrogen-bond acceptors (Lipinski definition) is 1. The molecule has 0 radical (unpaired) electrons. The van der Waals surface area contributed by atoms with Crippen LogP contribution in [0.5, 0.6) is 0 Å². The molecule has 7 heavy (non-hydrogen) atoms. The van der Waals surface area contributed by atoms with Gasteiger partial charge in [-0.2, -0.15) is 0 Å². The van der Waals surface area contributed by atoms with Crippen LogP contribution in [0.25, 0.3) is 0 Å². The average Bonchev–Trinajstić information content (AvgIpc) is 1.27. The lowest BCUT2D eigenvalue weighted by atomic mass is 9.50. The van der Waals surface area contributed by atoms with Gasteiger partial charge in [0, 0.05) is 19.3 Å². The summed E-state index contributed by atoms with van der Waals surface area (Å²) in [6, 6.07) is 0. The van der Waals surface area contributed by atoms with Crippen LogP contribution in [0.1, 0.15) is 19.3 Å². The molecule has 3 fully saturated rings. The van der Waals surface area contributed by atoms with Crippen molar-refractivity contribution in [2.45, 2.75) is 30.5 Å². The Kier molecular flexibility index (Phi) is 0.348. The van der Waals surface area contributed by atoms with E-state index in [1.807, 2.05) is 0 Å². The van der Waals surface area contributed by atoms with E-state index in [0.29, 0.717) is 19.3 Å². The predicted octanol–water partition coefficient (Wildman–Crippen LogP) is 0.623. The third-order valence-corrected chi connectivity index (χ3v) is 1.94. The smallest absolute Gasteiger partial charge is 0.119 e. The highest BCUT2D eigenvalue weighted by molar-refractivity contribution is 5.20. The molecule has 40 valence electrons. The maximum absolute atomic E-state index is 12.4. The SMILES string of the molecule is OC12CC(F)(C1)C2. The first kappa shape index (κ1) is 3.84. The van der Waals surface area contributed by atoms with Crippen LogP contribution in [-0.2, 0) is 0 Å². The van der Waals surface area contributed by atoms with Crippen molar-refractivity contribution in [1.29, 1.82) is 0 Å². The summed E-state index contributed by atoms with van der Waals surface area (Å²) >= 11 is 0. The summed E-state index contributed by atoms with van der Waals surface area (Å²) in [5, 5.41) is 8.90. The molecule has 0 aliphatic heterocycles. The minimum Gasteiger partial charge on any atom is -0.390 e. The van der Waals surface area contributed by atoms with Crippen LogP contribution in [0, 0.1) is 0 Å². The van der Waals surface area contributed by atoms with Crippen LogP contribution >= 0.6 is 0 Å². The highest BCUT2D eigenvalue weighted by Crippen LogP contribution is 2.62. The van der Waals surface area contributed by atoms with E-state index >= 15 is 0 Å². The van der Waals surface area contributed by atoms with E-state index in [4.69, 9.17) is 5.11 Å². The molecule has 3 rings (SSSR count). The van der Waals surface area contributed by atoms with E-state index in [0.717, 1.165) is 0 Å². The number of alkyl halides is 1. The number of aliphatic hydroxyl groups is 1. The summed E-state index contributed by atoms with van der Waals surface area (Å²) in [4.78, 5) is 0. The second-order valence-corrected chi connectivity index (χ2v) is 2.91. The third kappa shape index (κ3) is 0.278. The zero-order valence-corrected chi connectivity index (χ0v) is 3.95. The molecule has 1 N–H and O–H groups in total. The quantitative estimate of drug-likeness (QED) is 0.475. The van der Waals surface area contributed by atoms with Crippen LogP contribution < -0.4 is 0 Å². The van der Waals surface area contributed by atoms with Gasteiger partial charge in [-0.25, -0.2) is 4.39 Å². The minimum atomic E-state index is -0.922. The van der Waals surface area contributed by atoms with E-state index in [1.54, 1.807) is 0 Å². The number of halogens is 1. The van der Waals surface area contributed by atoms with Gasteiger partial charge in [-0.1, -0.05) is 0 Å². The fourth-order valence-electron chi connectivity index (χ4n) is 1.61. The van der Waals surface area contributed by atoms with Crippen molar-refractivity contribution in [3.05, 3.63) is 0 Å². The van der Waals surface area contributed by atoms with Gasteiger partial charge in [0.2, 0.25) is 0 Å². The lowest BCUT2D eigenvalue weighted by molar-refractivity contribution is -0.263. The Morgan fingerprint density at radius 3 is 1.71 bits per heavy atom. The molecule has 2 heteroatoms. The Morgan fingerprint density at radius 2 is 1.71 bits per heavy atom. The molecule has 2 bridgehead atoms. The molecule has 0 amide bonds. The zero-order chi connectivity index (χ0) is 5.12. The monoisotopic (exact) mass is 102 g/mol. The largest absolute Gasteiger partial charge is 0.390 e. The standard InChI is InChI=1S/C5H7FO/c6-4-1-5(7,2-4)3-4/h7H,1-3H2. The fraction of sp³-hybridized carbons (Fsp3) is 1.00. The molecule has 3 aliphatic carbocycles. The van der Waals surface area contributed by atoms with Gasteiger partial charge in [0.15, 0.2) is 0 Å². The van der Waals surface area contributed by atoms with Crippen LogP contribution in [0.2, 0.25) is 0 Å². The normalized spacial score (nSPS) is 66.0. The van der Waals surface area contributed by atoms with Gasteiger partial charge in [0.05, 0.1) is 5.60 Å². The molecule has 0 heterocycles. The zero-order valence-electron chi connectivity index (χ0n) is 3.95. The van der Waals surface area contributed by atoms with E-state index < -0.39 is 11.3 Å². The molecular weight excluding hydrogens is 95.1 g/mol. The molecule has 0 saturated heterocycles. The van der Waals surface area contributed by atoms with Crippen molar-refractivity contribution in [3.8, 4) is 0 Å². The van der Waals surface area contributed by atoms with Gasteiger partial charge in [-0.3, -0.25) is 0 Å². The third-order valence-electron chi connectivity index (χ3n) is 1.94. The molecule has 0 spiro atoms. The van der Waals surface area contributed by atoms with Crippen LogP contribution in [0.15, 0.2) is 0 Å². The van der Waals surface area contributed by atoms with Crippen molar-refractivity contribution >= 4 is 0 Å². The molecule has 3 saturated carbocycles. The molecule has 0 aromatic rings. The maximum atomic E-state index is 12.4. The van der Waals surface area contributed by atoms with Crippen molar-refractivity contribution in [2.24, 2.45) is 0 Å². The summed E-state index contributed by atoms with van der Waals surface area (Å²) in [6.45, 7) is 0. The van der Waals surface area contributed by atoms with Crippen LogP contribution in [-0.4, -0.2) is 16.4 Å². The second-order valence-electron chi connectivity index (χ2n) is 2.91. The van der Waals surface area contributed by atoms with E-state index in [1.165, 1.54) is 0 Å². The minimum absolute atomic E-state index is 0.403. The predicted molar refractivity (Wildman–Crippen MR) is 22.6 cm³/mol. The molecule has 0 atom stereocenters.